The molecule has 0 aromatic heterocycles. The van der Waals surface area contributed by atoms with E-state index in [0.29, 0.717) is 12.0 Å². The van der Waals surface area contributed by atoms with Crippen molar-refractivity contribution in [2.75, 3.05) is 13.2 Å². The Kier molecular flexibility index (Phi) is 12.7. The molecule has 10 nitrogen and oxygen atoms in total. The Labute approximate surface area is 225 Å². The van der Waals surface area contributed by atoms with Gasteiger partial charge in [0.15, 0.2) is 11.5 Å². The second-order valence-corrected chi connectivity index (χ2v) is 11.7. The first-order valence-corrected chi connectivity index (χ1v) is 12.8. The van der Waals surface area contributed by atoms with Gasteiger partial charge in [-0.15, -0.1) is 0 Å². The molecule has 0 aliphatic heterocycles. The number of carbonyl (C=O) groups is 4. The smallest absolute Gasteiger partial charge is 0.480 e. The van der Waals surface area contributed by atoms with E-state index in [1.807, 2.05) is 48.5 Å². The van der Waals surface area contributed by atoms with Crippen LogP contribution in [0, 0.1) is 10.8 Å². The molecule has 0 aliphatic rings. The molecule has 0 saturated heterocycles. The van der Waals surface area contributed by atoms with Crippen LogP contribution in [-0.4, -0.2) is 54.5 Å². The van der Waals surface area contributed by atoms with Gasteiger partial charge in [0.25, 0.3) is 0 Å². The Morgan fingerprint density at radius 1 is 0.921 bits per heavy atom. The molecule has 0 heterocycles. The van der Waals surface area contributed by atoms with Crippen molar-refractivity contribution in [2.45, 2.75) is 93.2 Å². The summed E-state index contributed by atoms with van der Waals surface area (Å²) in [7, 11) is 0. The van der Waals surface area contributed by atoms with E-state index in [0.717, 1.165) is 0 Å². The van der Waals surface area contributed by atoms with Gasteiger partial charge in [0.2, 0.25) is 0 Å². The number of benzene rings is 1. The molecule has 0 bridgehead atoms. The molecule has 0 radical (unpaired) electrons. The third-order valence-corrected chi connectivity index (χ3v) is 4.92. The Balaban J connectivity index is 3.04. The summed E-state index contributed by atoms with van der Waals surface area (Å²) in [6.45, 7) is 15.2. The topological polar surface area (TPSA) is 137 Å². The van der Waals surface area contributed by atoms with Gasteiger partial charge in [0.1, 0.15) is 12.1 Å². The SMILES string of the molecule is CCCOC(=O)OC(C)CN[C@@H](Cc1ccc(OC(=O)CC(C)(C)C)c(OC(=O)CC(C)(C)C)c1)C(=O)O. The molecule has 10 heteroatoms. The molecule has 0 saturated carbocycles. The van der Waals surface area contributed by atoms with Crippen LogP contribution in [-0.2, 0) is 30.3 Å². The highest BCUT2D eigenvalue weighted by Gasteiger charge is 2.24. The molecule has 1 rings (SSSR count). The lowest BCUT2D eigenvalue weighted by Gasteiger charge is -2.20. The summed E-state index contributed by atoms with van der Waals surface area (Å²) >= 11 is 0. The summed E-state index contributed by atoms with van der Waals surface area (Å²) in [6.07, 6.45) is -0.467. The molecule has 2 atom stereocenters. The standard InChI is InChI=1S/C28H43NO9/c1-9-12-35-26(34)36-18(2)17-29-20(25(32)33)13-19-10-11-21(37-23(30)15-27(3,4)5)22(14-19)38-24(31)16-28(6,7)8/h10-11,14,18,20,29H,9,12-13,15-17H2,1-8H3,(H,32,33)/t18?,20-/m0/s1. The maximum atomic E-state index is 12.5. The van der Waals surface area contributed by atoms with Gasteiger partial charge in [-0.3, -0.25) is 14.4 Å². The molecule has 214 valence electrons. The van der Waals surface area contributed by atoms with Crippen LogP contribution in [0.3, 0.4) is 0 Å². The van der Waals surface area contributed by atoms with Crippen LogP contribution in [0.25, 0.3) is 0 Å². The molecular formula is C28H43NO9. The number of carboxylic acid groups (broad SMARTS) is 1. The van der Waals surface area contributed by atoms with Gasteiger partial charge in [-0.1, -0.05) is 54.5 Å². The highest BCUT2D eigenvalue weighted by molar-refractivity contribution is 5.77. The van der Waals surface area contributed by atoms with Crippen molar-refractivity contribution >= 4 is 24.1 Å². The predicted octanol–water partition coefficient (Wildman–Crippen LogP) is 4.91. The summed E-state index contributed by atoms with van der Waals surface area (Å²) in [5.41, 5.74) is -0.0821. The van der Waals surface area contributed by atoms with E-state index in [9.17, 15) is 24.3 Å². The zero-order valence-corrected chi connectivity index (χ0v) is 23.8. The van der Waals surface area contributed by atoms with Crippen molar-refractivity contribution in [2.24, 2.45) is 10.8 Å². The average Bonchev–Trinajstić information content (AvgIpc) is 2.73. The lowest BCUT2D eigenvalue weighted by atomic mass is 9.92. The molecular weight excluding hydrogens is 494 g/mol. The molecule has 38 heavy (non-hydrogen) atoms. The van der Waals surface area contributed by atoms with Crippen molar-refractivity contribution < 1.29 is 43.2 Å². The number of carbonyl (C=O) groups excluding carboxylic acids is 3. The van der Waals surface area contributed by atoms with Gasteiger partial charge in [-0.05, 0) is 48.3 Å². The lowest BCUT2D eigenvalue weighted by Crippen LogP contribution is -2.42. The van der Waals surface area contributed by atoms with E-state index in [1.54, 1.807) is 13.0 Å². The Morgan fingerprint density at radius 3 is 1.97 bits per heavy atom. The average molecular weight is 538 g/mol. The van der Waals surface area contributed by atoms with Gasteiger partial charge in [0, 0.05) is 6.54 Å². The van der Waals surface area contributed by atoms with E-state index in [-0.39, 0.29) is 54.7 Å². The molecule has 0 aliphatic carbocycles. The zero-order valence-electron chi connectivity index (χ0n) is 23.8. The summed E-state index contributed by atoms with van der Waals surface area (Å²) in [6, 6.07) is 3.57. The fourth-order valence-electron chi connectivity index (χ4n) is 3.24. The van der Waals surface area contributed by atoms with Crippen molar-refractivity contribution in [3.05, 3.63) is 23.8 Å². The van der Waals surface area contributed by atoms with E-state index < -0.39 is 36.2 Å². The maximum absolute atomic E-state index is 12.5. The monoisotopic (exact) mass is 537 g/mol. The van der Waals surface area contributed by atoms with Crippen LogP contribution in [0.5, 0.6) is 11.5 Å². The van der Waals surface area contributed by atoms with E-state index in [1.165, 1.54) is 12.1 Å². The maximum Gasteiger partial charge on any atom is 0.508 e. The number of hydrogen-bond acceptors (Lipinski definition) is 9. The van der Waals surface area contributed by atoms with Crippen LogP contribution in [0.15, 0.2) is 18.2 Å². The van der Waals surface area contributed by atoms with Crippen LogP contribution in [0.4, 0.5) is 4.79 Å². The second kappa shape index (κ2) is 14.7. The van der Waals surface area contributed by atoms with Crippen LogP contribution in [0.2, 0.25) is 0 Å². The first-order valence-electron chi connectivity index (χ1n) is 12.8. The van der Waals surface area contributed by atoms with Crippen molar-refractivity contribution in [3.63, 3.8) is 0 Å². The molecule has 1 aromatic rings. The van der Waals surface area contributed by atoms with E-state index in [4.69, 9.17) is 18.9 Å². The van der Waals surface area contributed by atoms with E-state index >= 15 is 0 Å². The number of hydrogen-bond donors (Lipinski definition) is 2. The van der Waals surface area contributed by atoms with Gasteiger partial charge in [-0.25, -0.2) is 4.79 Å². The Hall–Kier alpha value is -3.14. The van der Waals surface area contributed by atoms with Gasteiger partial charge < -0.3 is 29.4 Å². The summed E-state index contributed by atoms with van der Waals surface area (Å²) < 4.78 is 21.0. The van der Waals surface area contributed by atoms with Crippen LogP contribution in [0.1, 0.15) is 80.2 Å². The van der Waals surface area contributed by atoms with Crippen molar-refractivity contribution in [1.29, 1.82) is 0 Å². The van der Waals surface area contributed by atoms with E-state index in [2.05, 4.69) is 5.32 Å². The van der Waals surface area contributed by atoms with Gasteiger partial charge >= 0.3 is 24.1 Å². The molecule has 0 fully saturated rings. The highest BCUT2D eigenvalue weighted by atomic mass is 16.7. The summed E-state index contributed by atoms with van der Waals surface area (Å²) in [4.78, 5) is 48.5. The summed E-state index contributed by atoms with van der Waals surface area (Å²) in [5, 5.41) is 12.6. The minimum absolute atomic E-state index is 0.0301. The minimum Gasteiger partial charge on any atom is -0.480 e. The molecule has 0 amide bonds. The predicted molar refractivity (Wildman–Crippen MR) is 141 cm³/mol. The quantitative estimate of drug-likeness (QED) is 0.264. The minimum atomic E-state index is -1.11. The number of esters is 2. The second-order valence-electron chi connectivity index (χ2n) is 11.7. The number of nitrogens with one attached hydrogen (secondary N) is 1. The molecule has 1 aromatic carbocycles. The first-order chi connectivity index (χ1) is 17.5. The fraction of sp³-hybridized carbons (Fsp3) is 0.643. The molecule has 0 spiro atoms. The summed E-state index contributed by atoms with van der Waals surface area (Å²) in [5.74, 6) is -1.97. The van der Waals surface area contributed by atoms with Gasteiger partial charge in [-0.2, -0.15) is 0 Å². The lowest BCUT2D eigenvalue weighted by molar-refractivity contribution is -0.139. The highest BCUT2D eigenvalue weighted by Crippen LogP contribution is 2.32. The third kappa shape index (κ3) is 14.0. The van der Waals surface area contributed by atoms with Crippen molar-refractivity contribution in [3.8, 4) is 11.5 Å². The molecule has 1 unspecified atom stereocenters. The number of carboxylic acids is 1. The largest absolute Gasteiger partial charge is 0.508 e. The number of ether oxygens (including phenoxy) is 4. The van der Waals surface area contributed by atoms with Crippen molar-refractivity contribution in [1.82, 2.24) is 5.32 Å². The Bertz CT molecular complexity index is 960. The number of rotatable bonds is 13. The Morgan fingerprint density at radius 2 is 1.47 bits per heavy atom. The molecule has 2 N–H and O–H groups in total. The third-order valence-electron chi connectivity index (χ3n) is 4.92. The number of aliphatic carboxylic acids is 1. The first kappa shape index (κ1) is 32.9. The van der Waals surface area contributed by atoms with Crippen LogP contribution >= 0.6 is 0 Å². The normalized spacial score (nSPS) is 13.3. The fourth-order valence-corrected chi connectivity index (χ4v) is 3.24. The van der Waals surface area contributed by atoms with Gasteiger partial charge in [0.05, 0.1) is 19.4 Å². The van der Waals surface area contributed by atoms with Crippen LogP contribution < -0.4 is 14.8 Å². The zero-order chi connectivity index (χ0) is 29.1.